The summed E-state index contributed by atoms with van der Waals surface area (Å²) in [6.45, 7) is 4.03. The van der Waals surface area contributed by atoms with Gasteiger partial charge in [0.25, 0.3) is 0 Å². The number of aromatic nitrogens is 1. The van der Waals surface area contributed by atoms with E-state index in [4.69, 9.17) is 5.73 Å². The van der Waals surface area contributed by atoms with Gasteiger partial charge in [0.1, 0.15) is 5.69 Å². The van der Waals surface area contributed by atoms with E-state index >= 15 is 0 Å². The largest absolute Gasteiger partial charge is 0.464 e. The summed E-state index contributed by atoms with van der Waals surface area (Å²) >= 11 is 0. The maximum Gasteiger partial charge on any atom is 0.356 e. The summed E-state index contributed by atoms with van der Waals surface area (Å²) in [4.78, 5) is 26.4. The minimum atomic E-state index is -0.539. The third-order valence-electron chi connectivity index (χ3n) is 3.08. The molecule has 0 bridgehead atoms. The lowest BCUT2D eigenvalue weighted by atomic mass is 9.76. The van der Waals surface area contributed by atoms with Crippen molar-refractivity contribution < 1.29 is 14.3 Å². The van der Waals surface area contributed by atoms with Crippen LogP contribution in [-0.2, 0) is 11.2 Å². The number of nitrogens with one attached hydrogen (secondary N) is 1. The van der Waals surface area contributed by atoms with E-state index in [-0.39, 0.29) is 22.6 Å². The Labute approximate surface area is 99.3 Å². The van der Waals surface area contributed by atoms with Crippen LogP contribution in [0.3, 0.4) is 0 Å². The Morgan fingerprint density at radius 2 is 2.06 bits per heavy atom. The highest BCUT2D eigenvalue weighted by Crippen LogP contribution is 2.38. The van der Waals surface area contributed by atoms with Gasteiger partial charge in [-0.25, -0.2) is 4.79 Å². The van der Waals surface area contributed by atoms with E-state index < -0.39 is 5.97 Å². The molecule has 0 spiro atoms. The number of Topliss-reactive ketones (excluding diaryl/α,β-unsaturated/α-hetero) is 1. The second-order valence-corrected chi connectivity index (χ2v) is 5.20. The number of H-pyrrole nitrogens is 1. The van der Waals surface area contributed by atoms with Crippen molar-refractivity contribution in [2.75, 3.05) is 12.8 Å². The molecule has 0 fully saturated rings. The molecule has 0 saturated heterocycles. The van der Waals surface area contributed by atoms with Crippen LogP contribution in [0.1, 0.15) is 46.8 Å². The summed E-state index contributed by atoms with van der Waals surface area (Å²) < 4.78 is 4.62. The number of esters is 1. The standard InChI is InChI=1S/C12H16N2O3/c1-12(2)4-6-8(7(15)5-12)9(13)10(14-6)11(16)17-3/h14H,4-5,13H2,1-3H3. The maximum atomic E-state index is 12.0. The van der Waals surface area contributed by atoms with Gasteiger partial charge in [-0.15, -0.1) is 0 Å². The van der Waals surface area contributed by atoms with Crippen molar-refractivity contribution >= 4 is 17.4 Å². The van der Waals surface area contributed by atoms with Crippen LogP contribution in [0.25, 0.3) is 0 Å². The van der Waals surface area contributed by atoms with Gasteiger partial charge < -0.3 is 15.5 Å². The molecule has 0 unspecified atom stereocenters. The molecule has 1 aliphatic rings. The average Bonchev–Trinajstić information content (AvgIpc) is 2.52. The highest BCUT2D eigenvalue weighted by atomic mass is 16.5. The summed E-state index contributed by atoms with van der Waals surface area (Å²) in [5.74, 6) is -0.553. The number of fused-ring (bicyclic) bond motifs is 1. The summed E-state index contributed by atoms with van der Waals surface area (Å²) in [6.07, 6.45) is 1.15. The van der Waals surface area contributed by atoms with E-state index in [0.717, 1.165) is 5.69 Å². The second kappa shape index (κ2) is 3.61. The van der Waals surface area contributed by atoms with Gasteiger partial charge in [0, 0.05) is 12.1 Å². The first-order chi connectivity index (χ1) is 7.85. The number of nitrogen functional groups attached to an aromatic ring is 1. The number of hydrogen-bond acceptors (Lipinski definition) is 4. The predicted molar refractivity (Wildman–Crippen MR) is 63.0 cm³/mol. The predicted octanol–water partition coefficient (Wildman–Crippen LogP) is 1.54. The van der Waals surface area contributed by atoms with Crippen LogP contribution in [-0.4, -0.2) is 23.8 Å². The van der Waals surface area contributed by atoms with Crippen molar-refractivity contribution in [2.24, 2.45) is 5.41 Å². The molecule has 92 valence electrons. The van der Waals surface area contributed by atoms with Crippen LogP contribution in [0.2, 0.25) is 0 Å². The number of ketones is 1. The van der Waals surface area contributed by atoms with Crippen molar-refractivity contribution in [3.05, 3.63) is 17.0 Å². The molecule has 5 nitrogen and oxygen atoms in total. The number of carbonyl (C=O) groups excluding carboxylic acids is 2. The van der Waals surface area contributed by atoms with Crippen LogP contribution in [0.4, 0.5) is 5.69 Å². The molecule has 1 aromatic heterocycles. The molecule has 0 radical (unpaired) electrons. The normalized spacial score (nSPS) is 17.7. The van der Waals surface area contributed by atoms with E-state index in [2.05, 4.69) is 9.72 Å². The minimum absolute atomic E-state index is 0.0137. The van der Waals surface area contributed by atoms with E-state index in [1.54, 1.807) is 0 Å². The van der Waals surface area contributed by atoms with Gasteiger partial charge in [0.2, 0.25) is 0 Å². The van der Waals surface area contributed by atoms with Gasteiger partial charge in [-0.2, -0.15) is 0 Å². The third kappa shape index (κ3) is 1.81. The lowest BCUT2D eigenvalue weighted by molar-refractivity contribution is 0.0595. The van der Waals surface area contributed by atoms with Crippen LogP contribution >= 0.6 is 0 Å². The molecule has 0 amide bonds. The summed E-state index contributed by atoms with van der Waals surface area (Å²) in [5.41, 5.74) is 7.33. The summed E-state index contributed by atoms with van der Waals surface area (Å²) in [5, 5.41) is 0. The van der Waals surface area contributed by atoms with Gasteiger partial charge >= 0.3 is 5.97 Å². The molecular weight excluding hydrogens is 220 g/mol. The third-order valence-corrected chi connectivity index (χ3v) is 3.08. The zero-order valence-corrected chi connectivity index (χ0v) is 10.2. The van der Waals surface area contributed by atoms with Crippen LogP contribution in [0.5, 0.6) is 0 Å². The topological polar surface area (TPSA) is 85.2 Å². The Bertz CT molecular complexity index is 500. The summed E-state index contributed by atoms with van der Waals surface area (Å²) in [7, 11) is 1.29. The maximum absolute atomic E-state index is 12.0. The van der Waals surface area contributed by atoms with E-state index in [9.17, 15) is 9.59 Å². The van der Waals surface area contributed by atoms with Crippen molar-refractivity contribution in [3.8, 4) is 0 Å². The van der Waals surface area contributed by atoms with E-state index in [1.807, 2.05) is 13.8 Å². The molecule has 1 aromatic rings. The number of carbonyl (C=O) groups is 2. The SMILES string of the molecule is COC(=O)c1[nH]c2c(c1N)C(=O)CC(C)(C)C2. The van der Waals surface area contributed by atoms with Gasteiger partial charge in [-0.3, -0.25) is 4.79 Å². The molecule has 2 rings (SSSR count). The number of ether oxygens (including phenoxy) is 1. The molecule has 1 heterocycles. The number of anilines is 1. The zero-order valence-electron chi connectivity index (χ0n) is 10.2. The molecule has 1 aliphatic carbocycles. The van der Waals surface area contributed by atoms with Crippen LogP contribution in [0.15, 0.2) is 0 Å². The molecule has 0 aromatic carbocycles. The fraction of sp³-hybridized carbons (Fsp3) is 0.500. The van der Waals surface area contributed by atoms with Crippen molar-refractivity contribution in [1.29, 1.82) is 0 Å². The van der Waals surface area contributed by atoms with Gasteiger partial charge in [0.15, 0.2) is 5.78 Å². The molecule has 5 heteroatoms. The summed E-state index contributed by atoms with van der Waals surface area (Å²) in [6, 6.07) is 0. The molecular formula is C12H16N2O3. The first-order valence-corrected chi connectivity index (χ1v) is 5.47. The fourth-order valence-corrected chi connectivity index (χ4v) is 2.35. The number of hydrogen-bond donors (Lipinski definition) is 2. The first-order valence-electron chi connectivity index (χ1n) is 5.47. The van der Waals surface area contributed by atoms with Gasteiger partial charge in [0.05, 0.1) is 18.4 Å². The Hall–Kier alpha value is -1.78. The van der Waals surface area contributed by atoms with Gasteiger partial charge in [-0.05, 0) is 11.8 Å². The molecule has 0 saturated carbocycles. The minimum Gasteiger partial charge on any atom is -0.464 e. The molecule has 0 aliphatic heterocycles. The molecule has 0 atom stereocenters. The second-order valence-electron chi connectivity index (χ2n) is 5.20. The fourth-order valence-electron chi connectivity index (χ4n) is 2.35. The monoisotopic (exact) mass is 236 g/mol. The van der Waals surface area contributed by atoms with Crippen LogP contribution in [0, 0.1) is 5.41 Å². The number of nitrogens with two attached hydrogens (primary N) is 1. The number of rotatable bonds is 1. The smallest absolute Gasteiger partial charge is 0.356 e. The van der Waals surface area contributed by atoms with Crippen molar-refractivity contribution in [1.82, 2.24) is 4.98 Å². The Balaban J connectivity index is 2.53. The highest BCUT2D eigenvalue weighted by Gasteiger charge is 2.35. The van der Waals surface area contributed by atoms with E-state index in [0.29, 0.717) is 18.4 Å². The van der Waals surface area contributed by atoms with Crippen molar-refractivity contribution in [3.63, 3.8) is 0 Å². The lowest BCUT2D eigenvalue weighted by Gasteiger charge is -2.28. The molecule has 17 heavy (non-hydrogen) atoms. The Morgan fingerprint density at radius 1 is 1.41 bits per heavy atom. The quantitative estimate of drug-likeness (QED) is 0.724. The Morgan fingerprint density at radius 3 is 2.65 bits per heavy atom. The Kier molecular flexibility index (Phi) is 2.49. The molecule has 3 N–H and O–H groups in total. The lowest BCUT2D eigenvalue weighted by Crippen LogP contribution is -2.26. The zero-order chi connectivity index (χ0) is 12.8. The number of methoxy groups -OCH3 is 1. The number of aromatic amines is 1. The van der Waals surface area contributed by atoms with Crippen LogP contribution < -0.4 is 5.73 Å². The highest BCUT2D eigenvalue weighted by molar-refractivity contribution is 6.08. The van der Waals surface area contributed by atoms with Crippen molar-refractivity contribution in [2.45, 2.75) is 26.7 Å². The first kappa shape index (κ1) is 11.7. The van der Waals surface area contributed by atoms with E-state index in [1.165, 1.54) is 7.11 Å². The average molecular weight is 236 g/mol. The van der Waals surface area contributed by atoms with Gasteiger partial charge in [-0.1, -0.05) is 13.8 Å².